The highest BCUT2D eigenvalue weighted by atomic mass is 16.6. The molecular formula is C14H14N4O2. The molecule has 0 saturated heterocycles. The van der Waals surface area contributed by atoms with Gasteiger partial charge in [-0.1, -0.05) is 0 Å². The second kappa shape index (κ2) is 4.48. The first-order chi connectivity index (χ1) is 9.54. The summed E-state index contributed by atoms with van der Waals surface area (Å²) < 4.78 is 3.92. The predicted octanol–water partition coefficient (Wildman–Crippen LogP) is 2.64. The molecule has 0 aliphatic carbocycles. The van der Waals surface area contributed by atoms with Crippen LogP contribution in [0.2, 0.25) is 0 Å². The van der Waals surface area contributed by atoms with Gasteiger partial charge in [0.15, 0.2) is 0 Å². The molecule has 0 unspecified atom stereocenters. The number of fused-ring (bicyclic) bond motifs is 1. The van der Waals surface area contributed by atoms with Gasteiger partial charge in [0, 0.05) is 36.3 Å². The highest BCUT2D eigenvalue weighted by Gasteiger charge is 2.10. The van der Waals surface area contributed by atoms with Crippen molar-refractivity contribution in [1.29, 1.82) is 0 Å². The van der Waals surface area contributed by atoms with Gasteiger partial charge in [-0.3, -0.25) is 14.8 Å². The van der Waals surface area contributed by atoms with Gasteiger partial charge < -0.3 is 4.57 Å². The minimum Gasteiger partial charge on any atom is -0.341 e. The third-order valence-electron chi connectivity index (χ3n) is 3.40. The third kappa shape index (κ3) is 2.05. The molecule has 102 valence electrons. The molecule has 0 radical (unpaired) electrons. The van der Waals surface area contributed by atoms with Crippen LogP contribution in [0.4, 0.5) is 5.69 Å². The van der Waals surface area contributed by atoms with Crippen molar-refractivity contribution in [2.24, 2.45) is 7.05 Å². The lowest BCUT2D eigenvalue weighted by Crippen LogP contribution is -2.04. The Kier molecular flexibility index (Phi) is 2.78. The first-order valence-electron chi connectivity index (χ1n) is 6.27. The normalized spacial score (nSPS) is 11.1. The van der Waals surface area contributed by atoms with E-state index in [1.54, 1.807) is 12.1 Å². The van der Waals surface area contributed by atoms with Crippen LogP contribution >= 0.6 is 0 Å². The Morgan fingerprint density at radius 1 is 1.30 bits per heavy atom. The number of rotatable bonds is 3. The second-order valence-electron chi connectivity index (χ2n) is 4.84. The van der Waals surface area contributed by atoms with Crippen LogP contribution in [0.15, 0.2) is 36.5 Å². The molecule has 0 N–H and O–H groups in total. The van der Waals surface area contributed by atoms with Gasteiger partial charge in [0.2, 0.25) is 0 Å². The van der Waals surface area contributed by atoms with Gasteiger partial charge in [0.25, 0.3) is 5.69 Å². The quantitative estimate of drug-likeness (QED) is 0.543. The zero-order valence-corrected chi connectivity index (χ0v) is 11.3. The maximum atomic E-state index is 10.8. The lowest BCUT2D eigenvalue weighted by atomic mass is 10.2. The monoisotopic (exact) mass is 270 g/mol. The van der Waals surface area contributed by atoms with Gasteiger partial charge in [-0.15, -0.1) is 0 Å². The smallest absolute Gasteiger partial charge is 0.270 e. The molecule has 1 aromatic carbocycles. The summed E-state index contributed by atoms with van der Waals surface area (Å²) in [5.74, 6) is 0. The predicted molar refractivity (Wildman–Crippen MR) is 75.6 cm³/mol. The number of nitrogens with zero attached hydrogens (tertiary/aromatic N) is 4. The molecule has 0 aliphatic rings. The van der Waals surface area contributed by atoms with Gasteiger partial charge in [-0.2, -0.15) is 5.10 Å². The molecule has 6 nitrogen and oxygen atoms in total. The number of hydrogen-bond donors (Lipinski definition) is 0. The molecular weight excluding hydrogens is 256 g/mol. The zero-order chi connectivity index (χ0) is 14.3. The maximum Gasteiger partial charge on any atom is 0.270 e. The number of aryl methyl sites for hydroxylation is 2. The van der Waals surface area contributed by atoms with Crippen molar-refractivity contribution in [2.45, 2.75) is 13.5 Å². The number of nitro benzene ring substituents is 1. The molecule has 3 rings (SSSR count). The number of benzene rings is 1. The van der Waals surface area contributed by atoms with Crippen LogP contribution in [0.5, 0.6) is 0 Å². The van der Waals surface area contributed by atoms with Gasteiger partial charge in [0.05, 0.1) is 22.9 Å². The highest BCUT2D eigenvalue weighted by Crippen LogP contribution is 2.22. The van der Waals surface area contributed by atoms with Gasteiger partial charge >= 0.3 is 0 Å². The second-order valence-corrected chi connectivity index (χ2v) is 4.84. The number of non-ortho nitro benzene ring substituents is 1. The largest absolute Gasteiger partial charge is 0.341 e. The molecule has 0 fully saturated rings. The lowest BCUT2D eigenvalue weighted by molar-refractivity contribution is -0.384. The van der Waals surface area contributed by atoms with E-state index >= 15 is 0 Å². The molecule has 0 bridgehead atoms. The Hall–Kier alpha value is -2.63. The SMILES string of the molecule is Cc1cc(Cn2ccc3cc([N+](=O)[O-])ccc32)n(C)n1. The number of aromatic nitrogens is 3. The Morgan fingerprint density at radius 2 is 2.10 bits per heavy atom. The van der Waals surface area contributed by atoms with E-state index in [9.17, 15) is 10.1 Å². The molecule has 6 heteroatoms. The average Bonchev–Trinajstić information content (AvgIpc) is 2.93. The van der Waals surface area contributed by atoms with E-state index in [2.05, 4.69) is 9.67 Å². The molecule has 0 atom stereocenters. The summed E-state index contributed by atoms with van der Waals surface area (Å²) in [7, 11) is 1.92. The van der Waals surface area contributed by atoms with Crippen molar-refractivity contribution in [2.75, 3.05) is 0 Å². The molecule has 2 aromatic heterocycles. The Balaban J connectivity index is 2.00. The molecule has 0 saturated carbocycles. The van der Waals surface area contributed by atoms with Crippen LogP contribution in [0.25, 0.3) is 10.9 Å². The standard InChI is InChI=1S/C14H14N4O2/c1-10-7-13(16(2)15-10)9-17-6-5-11-8-12(18(19)20)3-4-14(11)17/h3-8H,9H2,1-2H3. The van der Waals surface area contributed by atoms with Crippen molar-refractivity contribution in [3.05, 3.63) is 58.0 Å². The Bertz CT molecular complexity index is 801. The van der Waals surface area contributed by atoms with E-state index in [4.69, 9.17) is 0 Å². The summed E-state index contributed by atoms with van der Waals surface area (Å²) in [5.41, 5.74) is 3.18. The summed E-state index contributed by atoms with van der Waals surface area (Å²) >= 11 is 0. The van der Waals surface area contributed by atoms with Crippen LogP contribution in [0, 0.1) is 17.0 Å². The maximum absolute atomic E-state index is 10.8. The fraction of sp³-hybridized carbons (Fsp3) is 0.214. The summed E-state index contributed by atoms with van der Waals surface area (Å²) in [6.07, 6.45) is 1.94. The minimum atomic E-state index is -0.374. The van der Waals surface area contributed by atoms with Crippen molar-refractivity contribution in [3.8, 4) is 0 Å². The molecule has 0 aliphatic heterocycles. The van der Waals surface area contributed by atoms with Crippen LogP contribution in [-0.4, -0.2) is 19.3 Å². The van der Waals surface area contributed by atoms with Gasteiger partial charge in [0.1, 0.15) is 0 Å². The van der Waals surface area contributed by atoms with Crippen molar-refractivity contribution in [3.63, 3.8) is 0 Å². The first kappa shape index (κ1) is 12.4. The summed E-state index contributed by atoms with van der Waals surface area (Å²) in [5, 5.41) is 16.0. The number of nitro groups is 1. The van der Waals surface area contributed by atoms with E-state index in [-0.39, 0.29) is 10.6 Å². The molecule has 3 aromatic rings. The average molecular weight is 270 g/mol. The first-order valence-corrected chi connectivity index (χ1v) is 6.27. The summed E-state index contributed by atoms with van der Waals surface area (Å²) in [4.78, 5) is 10.4. The number of hydrogen-bond acceptors (Lipinski definition) is 3. The summed E-state index contributed by atoms with van der Waals surface area (Å²) in [6, 6.07) is 8.85. The lowest BCUT2D eigenvalue weighted by Gasteiger charge is -2.05. The fourth-order valence-electron chi connectivity index (χ4n) is 2.43. The van der Waals surface area contributed by atoms with Gasteiger partial charge in [-0.25, -0.2) is 0 Å². The highest BCUT2D eigenvalue weighted by molar-refractivity contribution is 5.82. The molecule has 0 spiro atoms. The van der Waals surface area contributed by atoms with E-state index in [0.717, 1.165) is 22.3 Å². The van der Waals surface area contributed by atoms with E-state index < -0.39 is 0 Å². The topological polar surface area (TPSA) is 65.9 Å². The van der Waals surface area contributed by atoms with Gasteiger partial charge in [-0.05, 0) is 25.1 Å². The van der Waals surface area contributed by atoms with E-state index in [1.165, 1.54) is 6.07 Å². The van der Waals surface area contributed by atoms with E-state index in [0.29, 0.717) is 6.54 Å². The van der Waals surface area contributed by atoms with Crippen LogP contribution in [-0.2, 0) is 13.6 Å². The molecule has 2 heterocycles. The van der Waals surface area contributed by atoms with Crippen LogP contribution in [0.3, 0.4) is 0 Å². The van der Waals surface area contributed by atoms with Crippen LogP contribution in [0.1, 0.15) is 11.4 Å². The summed E-state index contributed by atoms with van der Waals surface area (Å²) in [6.45, 7) is 2.65. The third-order valence-corrected chi connectivity index (χ3v) is 3.40. The Morgan fingerprint density at radius 3 is 2.75 bits per heavy atom. The molecule has 0 amide bonds. The van der Waals surface area contributed by atoms with Crippen molar-refractivity contribution >= 4 is 16.6 Å². The Labute approximate surface area is 115 Å². The molecule has 20 heavy (non-hydrogen) atoms. The van der Waals surface area contributed by atoms with E-state index in [1.807, 2.05) is 37.0 Å². The minimum absolute atomic E-state index is 0.117. The van der Waals surface area contributed by atoms with Crippen molar-refractivity contribution in [1.82, 2.24) is 14.3 Å². The fourth-order valence-corrected chi connectivity index (χ4v) is 2.43. The zero-order valence-electron chi connectivity index (χ0n) is 11.3. The van der Waals surface area contributed by atoms with Crippen molar-refractivity contribution < 1.29 is 4.92 Å². The van der Waals surface area contributed by atoms with Crippen LogP contribution < -0.4 is 0 Å².